The number of carbonyl (C=O) groups excluding carboxylic acids is 1. The van der Waals surface area contributed by atoms with Crippen molar-refractivity contribution >= 4 is 17.3 Å². The van der Waals surface area contributed by atoms with Gasteiger partial charge < -0.3 is 20.6 Å². The zero-order valence-electron chi connectivity index (χ0n) is 14.3. The van der Waals surface area contributed by atoms with Crippen molar-refractivity contribution in [1.82, 2.24) is 4.90 Å². The molecular formula is C19H29N3O2. The van der Waals surface area contributed by atoms with Gasteiger partial charge in [0.1, 0.15) is 6.61 Å². The van der Waals surface area contributed by atoms with E-state index < -0.39 is 6.61 Å². The minimum absolute atomic E-state index is 0.382. The summed E-state index contributed by atoms with van der Waals surface area (Å²) < 4.78 is 0. The molecular weight excluding hydrogens is 302 g/mol. The molecule has 2 fully saturated rings. The molecule has 132 valence electrons. The Morgan fingerprint density at radius 3 is 2.50 bits per heavy atom. The van der Waals surface area contributed by atoms with Gasteiger partial charge in [-0.3, -0.25) is 4.79 Å². The Kier molecular flexibility index (Phi) is 6.10. The molecule has 3 rings (SSSR count). The van der Waals surface area contributed by atoms with Crippen LogP contribution in [0.5, 0.6) is 0 Å². The first-order valence-corrected chi connectivity index (χ1v) is 9.26. The molecule has 0 unspecified atom stereocenters. The molecule has 1 heterocycles. The van der Waals surface area contributed by atoms with Crippen LogP contribution in [0.2, 0.25) is 0 Å². The number of aliphatic hydroxyl groups is 1. The Bertz CT molecular complexity index is 535. The van der Waals surface area contributed by atoms with Crippen molar-refractivity contribution < 1.29 is 9.90 Å². The van der Waals surface area contributed by atoms with Crippen LogP contribution in [-0.2, 0) is 4.79 Å². The molecule has 0 aromatic heterocycles. The maximum Gasteiger partial charge on any atom is 0.250 e. The summed E-state index contributed by atoms with van der Waals surface area (Å²) in [5.41, 5.74) is 1.75. The molecule has 5 nitrogen and oxygen atoms in total. The van der Waals surface area contributed by atoms with E-state index in [0.717, 1.165) is 17.4 Å². The molecule has 24 heavy (non-hydrogen) atoms. The van der Waals surface area contributed by atoms with Gasteiger partial charge in [-0.1, -0.05) is 25.3 Å². The number of rotatable bonds is 5. The monoisotopic (exact) mass is 331 g/mol. The van der Waals surface area contributed by atoms with E-state index in [0.29, 0.717) is 6.04 Å². The summed E-state index contributed by atoms with van der Waals surface area (Å²) in [5, 5.41) is 15.1. The molecule has 0 spiro atoms. The second-order valence-electron chi connectivity index (χ2n) is 7.03. The Balaban J connectivity index is 1.49. The SMILES string of the molecule is O=C(CO)Nc1cccc(NC2CCN(C3CCCCC3)CC2)c1. The van der Waals surface area contributed by atoms with Crippen LogP contribution >= 0.6 is 0 Å². The van der Waals surface area contributed by atoms with E-state index in [1.807, 2.05) is 24.3 Å². The largest absolute Gasteiger partial charge is 0.387 e. The van der Waals surface area contributed by atoms with Crippen LogP contribution in [-0.4, -0.2) is 47.7 Å². The number of piperidine rings is 1. The predicted molar refractivity (Wildman–Crippen MR) is 97.2 cm³/mol. The van der Waals surface area contributed by atoms with Gasteiger partial charge in [0.15, 0.2) is 0 Å². The van der Waals surface area contributed by atoms with Crippen LogP contribution in [0, 0.1) is 0 Å². The molecule has 1 aliphatic carbocycles. The number of carbonyl (C=O) groups is 1. The van der Waals surface area contributed by atoms with Gasteiger partial charge in [0.2, 0.25) is 5.91 Å². The van der Waals surface area contributed by atoms with Gasteiger partial charge in [0, 0.05) is 36.5 Å². The number of anilines is 2. The standard InChI is InChI=1S/C19H29N3O2/c23-14-19(24)21-17-6-4-5-16(13-17)20-15-9-11-22(12-10-15)18-7-2-1-3-8-18/h4-6,13,15,18,20,23H,1-3,7-12,14H2,(H,21,24). The van der Waals surface area contributed by atoms with Crippen molar-refractivity contribution in [2.45, 2.75) is 57.0 Å². The van der Waals surface area contributed by atoms with Gasteiger partial charge in [-0.25, -0.2) is 0 Å². The van der Waals surface area contributed by atoms with Gasteiger partial charge in [-0.05, 0) is 43.9 Å². The fourth-order valence-corrected chi connectivity index (χ4v) is 3.98. The third-order valence-corrected chi connectivity index (χ3v) is 5.28. The number of hydrogen-bond acceptors (Lipinski definition) is 4. The lowest BCUT2D eigenvalue weighted by molar-refractivity contribution is -0.118. The van der Waals surface area contributed by atoms with Crippen molar-refractivity contribution in [2.24, 2.45) is 0 Å². The molecule has 5 heteroatoms. The van der Waals surface area contributed by atoms with Gasteiger partial charge in [0.05, 0.1) is 0 Å². The highest BCUT2D eigenvalue weighted by Crippen LogP contribution is 2.26. The summed E-state index contributed by atoms with van der Waals surface area (Å²) in [5.74, 6) is -0.382. The van der Waals surface area contributed by atoms with Crippen LogP contribution in [0.4, 0.5) is 11.4 Å². The topological polar surface area (TPSA) is 64.6 Å². The van der Waals surface area contributed by atoms with E-state index in [2.05, 4.69) is 15.5 Å². The first-order chi connectivity index (χ1) is 11.7. The van der Waals surface area contributed by atoms with E-state index in [4.69, 9.17) is 5.11 Å². The van der Waals surface area contributed by atoms with Crippen LogP contribution in [0.3, 0.4) is 0 Å². The Morgan fingerprint density at radius 1 is 1.08 bits per heavy atom. The van der Waals surface area contributed by atoms with Crippen molar-refractivity contribution in [3.8, 4) is 0 Å². The second-order valence-corrected chi connectivity index (χ2v) is 7.03. The van der Waals surface area contributed by atoms with Crippen LogP contribution in [0.15, 0.2) is 24.3 Å². The summed E-state index contributed by atoms with van der Waals surface area (Å²) in [6.07, 6.45) is 9.31. The Labute approximate surface area is 144 Å². The van der Waals surface area contributed by atoms with Gasteiger partial charge in [-0.15, -0.1) is 0 Å². The fourth-order valence-electron chi connectivity index (χ4n) is 3.98. The lowest BCUT2D eigenvalue weighted by atomic mass is 9.92. The molecule has 3 N–H and O–H groups in total. The molecule has 1 saturated carbocycles. The van der Waals surface area contributed by atoms with E-state index in [1.54, 1.807) is 0 Å². The molecule has 1 amide bonds. The van der Waals surface area contributed by atoms with Crippen molar-refractivity contribution in [3.05, 3.63) is 24.3 Å². The predicted octanol–water partition coefficient (Wildman–Crippen LogP) is 2.83. The zero-order chi connectivity index (χ0) is 16.8. The highest BCUT2D eigenvalue weighted by Gasteiger charge is 2.26. The van der Waals surface area contributed by atoms with Gasteiger partial charge in [-0.2, -0.15) is 0 Å². The number of nitrogens with one attached hydrogen (secondary N) is 2. The molecule has 1 aromatic rings. The highest BCUT2D eigenvalue weighted by atomic mass is 16.3. The molecule has 1 aromatic carbocycles. The Hall–Kier alpha value is -1.59. The van der Waals surface area contributed by atoms with Crippen molar-refractivity contribution in [2.75, 3.05) is 30.3 Å². The first kappa shape index (κ1) is 17.2. The Morgan fingerprint density at radius 2 is 1.79 bits per heavy atom. The summed E-state index contributed by atoms with van der Waals surface area (Å²) in [6, 6.07) is 9.03. The molecule has 1 aliphatic heterocycles. The molecule has 0 bridgehead atoms. The first-order valence-electron chi connectivity index (χ1n) is 9.26. The van der Waals surface area contributed by atoms with Gasteiger partial charge in [0.25, 0.3) is 0 Å². The van der Waals surface area contributed by atoms with E-state index >= 15 is 0 Å². The van der Waals surface area contributed by atoms with E-state index in [-0.39, 0.29) is 5.91 Å². The second kappa shape index (κ2) is 8.49. The maximum atomic E-state index is 11.3. The number of aliphatic hydroxyl groups excluding tert-OH is 1. The average molecular weight is 331 g/mol. The third-order valence-electron chi connectivity index (χ3n) is 5.28. The maximum absolute atomic E-state index is 11.3. The van der Waals surface area contributed by atoms with E-state index in [9.17, 15) is 4.79 Å². The zero-order valence-corrected chi connectivity index (χ0v) is 14.3. The lowest BCUT2D eigenvalue weighted by Crippen LogP contribution is -2.45. The number of likely N-dealkylation sites (tertiary alicyclic amines) is 1. The normalized spacial score (nSPS) is 20.7. The number of amides is 1. The number of nitrogens with zero attached hydrogens (tertiary/aromatic N) is 1. The van der Waals surface area contributed by atoms with Crippen LogP contribution in [0.1, 0.15) is 44.9 Å². The van der Waals surface area contributed by atoms with Crippen LogP contribution in [0.25, 0.3) is 0 Å². The fraction of sp³-hybridized carbons (Fsp3) is 0.632. The minimum atomic E-state index is -0.489. The average Bonchev–Trinajstić information content (AvgIpc) is 2.63. The number of benzene rings is 1. The summed E-state index contributed by atoms with van der Waals surface area (Å²) in [6.45, 7) is 1.88. The molecule has 1 saturated heterocycles. The molecule has 0 radical (unpaired) electrons. The third kappa shape index (κ3) is 4.71. The lowest BCUT2D eigenvalue weighted by Gasteiger charge is -2.39. The van der Waals surface area contributed by atoms with Crippen LogP contribution < -0.4 is 10.6 Å². The highest BCUT2D eigenvalue weighted by molar-refractivity contribution is 5.91. The van der Waals surface area contributed by atoms with Crippen molar-refractivity contribution in [3.63, 3.8) is 0 Å². The molecule has 2 aliphatic rings. The number of hydrogen-bond donors (Lipinski definition) is 3. The van der Waals surface area contributed by atoms with E-state index in [1.165, 1.54) is 58.0 Å². The molecule has 0 atom stereocenters. The summed E-state index contributed by atoms with van der Waals surface area (Å²) >= 11 is 0. The summed E-state index contributed by atoms with van der Waals surface area (Å²) in [4.78, 5) is 14.0. The smallest absolute Gasteiger partial charge is 0.250 e. The van der Waals surface area contributed by atoms with Crippen molar-refractivity contribution in [1.29, 1.82) is 0 Å². The quantitative estimate of drug-likeness (QED) is 0.776. The summed E-state index contributed by atoms with van der Waals surface area (Å²) in [7, 11) is 0. The van der Waals surface area contributed by atoms with Gasteiger partial charge >= 0.3 is 0 Å². The minimum Gasteiger partial charge on any atom is -0.387 e.